The number of hydrogen-bond acceptors (Lipinski definition) is 6. The van der Waals surface area contributed by atoms with Gasteiger partial charge >= 0.3 is 5.97 Å². The van der Waals surface area contributed by atoms with Gasteiger partial charge in [-0.1, -0.05) is 37.3 Å². The molecule has 0 fully saturated rings. The molecule has 0 spiro atoms. The minimum Gasteiger partial charge on any atom is -0.456 e. The van der Waals surface area contributed by atoms with Gasteiger partial charge in [0.2, 0.25) is 0 Å². The van der Waals surface area contributed by atoms with Crippen molar-refractivity contribution < 1.29 is 9.53 Å². The van der Waals surface area contributed by atoms with Gasteiger partial charge in [0, 0.05) is 17.5 Å². The normalized spacial score (nSPS) is 11.1. The Kier molecular flexibility index (Phi) is 5.67. The number of aryl methyl sites for hydroxylation is 2. The number of nitrogens with zero attached hydrogens (tertiary/aromatic N) is 4. The molecule has 0 aliphatic heterocycles. The topological polar surface area (TPSA) is 69.9 Å². The molecule has 6 nitrogen and oxygen atoms in total. The first-order chi connectivity index (χ1) is 14.2. The van der Waals surface area contributed by atoms with E-state index in [0.29, 0.717) is 23.1 Å². The lowest BCUT2D eigenvalue weighted by Gasteiger charge is -2.08. The van der Waals surface area contributed by atoms with Crippen LogP contribution in [-0.4, -0.2) is 25.7 Å². The monoisotopic (exact) mass is 406 g/mol. The molecule has 0 saturated carbocycles. The molecule has 0 N–H and O–H groups in total. The van der Waals surface area contributed by atoms with E-state index >= 15 is 0 Å². The van der Waals surface area contributed by atoms with Crippen molar-refractivity contribution in [3.8, 4) is 11.3 Å². The third-order valence-electron chi connectivity index (χ3n) is 4.61. The zero-order chi connectivity index (χ0) is 20.2. The second-order valence-corrected chi connectivity index (χ2v) is 7.62. The molecule has 0 aliphatic rings. The number of carbonyl (C=O) groups excluding carboxylic acids is 1. The largest absolute Gasteiger partial charge is 0.456 e. The Morgan fingerprint density at radius 1 is 1.17 bits per heavy atom. The van der Waals surface area contributed by atoms with Crippen molar-refractivity contribution in [2.24, 2.45) is 0 Å². The molecule has 7 heteroatoms. The summed E-state index contributed by atoms with van der Waals surface area (Å²) in [5.41, 5.74) is 3.59. The Morgan fingerprint density at radius 3 is 2.76 bits per heavy atom. The van der Waals surface area contributed by atoms with Crippen LogP contribution in [0.25, 0.3) is 22.3 Å². The first kappa shape index (κ1) is 19.3. The van der Waals surface area contributed by atoms with Crippen LogP contribution >= 0.6 is 11.3 Å². The predicted octanol–water partition coefficient (Wildman–Crippen LogP) is 4.88. The average Bonchev–Trinajstić information content (AvgIpc) is 3.38. The molecular weight excluding hydrogens is 384 g/mol. The number of pyridine rings is 1. The molecule has 29 heavy (non-hydrogen) atoms. The fourth-order valence-electron chi connectivity index (χ4n) is 3.17. The van der Waals surface area contributed by atoms with Crippen molar-refractivity contribution in [1.29, 1.82) is 0 Å². The lowest BCUT2D eigenvalue weighted by molar-refractivity contribution is 0.0470. The number of aromatic nitrogens is 4. The van der Waals surface area contributed by atoms with Crippen molar-refractivity contribution in [3.05, 3.63) is 64.2 Å². The van der Waals surface area contributed by atoms with E-state index in [1.54, 1.807) is 28.3 Å². The van der Waals surface area contributed by atoms with Crippen LogP contribution in [0, 0.1) is 0 Å². The van der Waals surface area contributed by atoms with Gasteiger partial charge in [-0.3, -0.25) is 0 Å². The van der Waals surface area contributed by atoms with E-state index in [2.05, 4.69) is 17.0 Å². The van der Waals surface area contributed by atoms with Crippen molar-refractivity contribution in [2.45, 2.75) is 39.8 Å². The fraction of sp³-hybridized carbons (Fsp3) is 0.273. The number of fused-ring (bicyclic) bond motifs is 1. The Morgan fingerprint density at radius 2 is 2.00 bits per heavy atom. The summed E-state index contributed by atoms with van der Waals surface area (Å²) in [5, 5.41) is 8.08. The van der Waals surface area contributed by atoms with Gasteiger partial charge in [-0.2, -0.15) is 5.10 Å². The van der Waals surface area contributed by atoms with E-state index in [1.807, 2.05) is 42.6 Å². The quantitative estimate of drug-likeness (QED) is 0.409. The maximum atomic E-state index is 12.9. The summed E-state index contributed by atoms with van der Waals surface area (Å²) in [6.07, 6.45) is 3.67. The van der Waals surface area contributed by atoms with Gasteiger partial charge in [-0.25, -0.2) is 19.4 Å². The number of ether oxygens (including phenoxy) is 1. The van der Waals surface area contributed by atoms with Crippen LogP contribution in [0.5, 0.6) is 0 Å². The van der Waals surface area contributed by atoms with E-state index < -0.39 is 5.97 Å². The summed E-state index contributed by atoms with van der Waals surface area (Å²) >= 11 is 1.60. The average molecular weight is 407 g/mol. The molecule has 0 unspecified atom stereocenters. The molecule has 4 aromatic rings. The molecule has 0 atom stereocenters. The van der Waals surface area contributed by atoms with Crippen LogP contribution in [0.1, 0.15) is 41.3 Å². The van der Waals surface area contributed by atoms with Gasteiger partial charge in [0.15, 0.2) is 5.65 Å². The first-order valence-electron chi connectivity index (χ1n) is 9.72. The highest BCUT2D eigenvalue weighted by molar-refractivity contribution is 7.09. The fourth-order valence-corrected chi connectivity index (χ4v) is 4.05. The molecular formula is C22H22N4O2S. The number of hydrogen-bond donors (Lipinski definition) is 0. The van der Waals surface area contributed by atoms with Crippen molar-refractivity contribution >= 4 is 28.3 Å². The molecule has 3 heterocycles. The SMILES string of the molecule is CCCc1nc(COC(=O)c2cc(-c3ccccc3)nc3c2cnn3CC)cs1. The Labute approximate surface area is 173 Å². The Bertz CT molecular complexity index is 1130. The smallest absolute Gasteiger partial charge is 0.339 e. The molecule has 0 radical (unpaired) electrons. The molecule has 3 aromatic heterocycles. The van der Waals surface area contributed by atoms with Gasteiger partial charge < -0.3 is 4.74 Å². The van der Waals surface area contributed by atoms with E-state index in [9.17, 15) is 4.79 Å². The number of esters is 1. The van der Waals surface area contributed by atoms with Crippen molar-refractivity contribution in [2.75, 3.05) is 0 Å². The molecule has 0 aliphatic carbocycles. The summed E-state index contributed by atoms with van der Waals surface area (Å²) in [7, 11) is 0. The van der Waals surface area contributed by atoms with Gasteiger partial charge in [-0.05, 0) is 25.8 Å². The molecule has 0 saturated heterocycles. The van der Waals surface area contributed by atoms with Gasteiger partial charge in [0.1, 0.15) is 6.61 Å². The van der Waals surface area contributed by atoms with Crippen LogP contribution < -0.4 is 0 Å². The standard InChI is InChI=1S/C22H22N4O2S/c1-3-8-20-24-16(14-29-20)13-28-22(27)17-11-19(15-9-6-5-7-10-15)25-21-18(17)12-23-26(21)4-2/h5-7,9-12,14H,3-4,8,13H2,1-2H3. The summed E-state index contributed by atoms with van der Waals surface area (Å²) in [6.45, 7) is 4.95. The maximum Gasteiger partial charge on any atom is 0.339 e. The number of rotatable bonds is 7. The summed E-state index contributed by atoms with van der Waals surface area (Å²) in [4.78, 5) is 22.2. The van der Waals surface area contributed by atoms with Crippen LogP contribution in [0.2, 0.25) is 0 Å². The minimum absolute atomic E-state index is 0.158. The van der Waals surface area contributed by atoms with E-state index in [-0.39, 0.29) is 6.61 Å². The number of carbonyl (C=O) groups is 1. The highest BCUT2D eigenvalue weighted by atomic mass is 32.1. The Balaban J connectivity index is 1.65. The lowest BCUT2D eigenvalue weighted by atomic mass is 10.1. The predicted molar refractivity (Wildman–Crippen MR) is 114 cm³/mol. The minimum atomic E-state index is -0.393. The van der Waals surface area contributed by atoms with Gasteiger partial charge in [0.25, 0.3) is 0 Å². The van der Waals surface area contributed by atoms with Crippen LogP contribution in [0.4, 0.5) is 0 Å². The zero-order valence-electron chi connectivity index (χ0n) is 16.5. The van der Waals surface area contributed by atoms with Gasteiger partial charge in [0.05, 0.1) is 33.5 Å². The molecule has 0 bridgehead atoms. The Hall–Kier alpha value is -3.06. The summed E-state index contributed by atoms with van der Waals surface area (Å²) < 4.78 is 7.38. The van der Waals surface area contributed by atoms with E-state index in [1.165, 1.54) is 0 Å². The van der Waals surface area contributed by atoms with Crippen LogP contribution in [-0.2, 0) is 24.3 Å². The first-order valence-corrected chi connectivity index (χ1v) is 10.6. The number of benzene rings is 1. The van der Waals surface area contributed by atoms with Gasteiger partial charge in [-0.15, -0.1) is 11.3 Å². The van der Waals surface area contributed by atoms with Crippen molar-refractivity contribution in [3.63, 3.8) is 0 Å². The van der Waals surface area contributed by atoms with E-state index in [0.717, 1.165) is 34.8 Å². The van der Waals surface area contributed by atoms with Crippen molar-refractivity contribution in [1.82, 2.24) is 19.7 Å². The van der Waals surface area contributed by atoms with Crippen LogP contribution in [0.3, 0.4) is 0 Å². The second-order valence-electron chi connectivity index (χ2n) is 6.68. The number of thiazole rings is 1. The third kappa shape index (κ3) is 4.05. The summed E-state index contributed by atoms with van der Waals surface area (Å²) in [5.74, 6) is -0.393. The highest BCUT2D eigenvalue weighted by Crippen LogP contribution is 2.26. The maximum absolute atomic E-state index is 12.9. The lowest BCUT2D eigenvalue weighted by Crippen LogP contribution is -2.08. The molecule has 0 amide bonds. The zero-order valence-corrected chi connectivity index (χ0v) is 17.3. The molecule has 4 rings (SSSR count). The molecule has 148 valence electrons. The summed E-state index contributed by atoms with van der Waals surface area (Å²) in [6, 6.07) is 11.6. The molecule has 1 aromatic carbocycles. The third-order valence-corrected chi connectivity index (χ3v) is 5.57. The second kappa shape index (κ2) is 8.53. The van der Waals surface area contributed by atoms with E-state index in [4.69, 9.17) is 9.72 Å². The highest BCUT2D eigenvalue weighted by Gasteiger charge is 2.19. The van der Waals surface area contributed by atoms with Crippen LogP contribution in [0.15, 0.2) is 48.0 Å².